The number of sulfone groups is 1. The van der Waals surface area contributed by atoms with Crippen LogP contribution in [-0.4, -0.2) is 26.4 Å². The molecule has 5 nitrogen and oxygen atoms in total. The minimum Gasteiger partial charge on any atom is -0.465 e. The van der Waals surface area contributed by atoms with Gasteiger partial charge in [0.2, 0.25) is 9.84 Å². The maximum atomic E-state index is 12.1. The number of anilines is 1. The van der Waals surface area contributed by atoms with E-state index in [1.165, 1.54) is 25.3 Å². The highest BCUT2D eigenvalue weighted by Gasteiger charge is 2.43. The lowest BCUT2D eigenvalue weighted by Crippen LogP contribution is -2.33. The maximum Gasteiger partial charge on any atom is 0.337 e. The molecule has 6 heteroatoms. The molecule has 1 heterocycles. The first kappa shape index (κ1) is 11.9. The van der Waals surface area contributed by atoms with Gasteiger partial charge >= 0.3 is 5.97 Å². The topological polar surface area (TPSA) is 72.5 Å². The number of fused-ring (bicyclic) bond motifs is 1. The van der Waals surface area contributed by atoms with Gasteiger partial charge in [0.05, 0.1) is 23.3 Å². The van der Waals surface area contributed by atoms with Gasteiger partial charge in [-0.05, 0) is 32.0 Å². The number of ether oxygens (including phenoxy) is 1. The van der Waals surface area contributed by atoms with Crippen LogP contribution in [0.25, 0.3) is 0 Å². The Morgan fingerprint density at radius 1 is 1.35 bits per heavy atom. The highest BCUT2D eigenvalue weighted by atomic mass is 32.2. The van der Waals surface area contributed by atoms with Gasteiger partial charge in [0.15, 0.2) is 0 Å². The monoisotopic (exact) mass is 255 g/mol. The van der Waals surface area contributed by atoms with Gasteiger partial charge in [-0.2, -0.15) is 0 Å². The van der Waals surface area contributed by atoms with Crippen LogP contribution >= 0.6 is 0 Å². The van der Waals surface area contributed by atoms with Crippen molar-refractivity contribution in [2.24, 2.45) is 0 Å². The molecule has 1 N–H and O–H groups in total. The van der Waals surface area contributed by atoms with Crippen LogP contribution in [0.3, 0.4) is 0 Å². The Balaban J connectivity index is 2.58. The van der Waals surface area contributed by atoms with Crippen molar-refractivity contribution in [2.45, 2.75) is 23.6 Å². The van der Waals surface area contributed by atoms with Crippen molar-refractivity contribution in [3.8, 4) is 0 Å². The molecule has 0 aromatic heterocycles. The van der Waals surface area contributed by atoms with E-state index in [1.807, 2.05) is 0 Å². The van der Waals surface area contributed by atoms with Crippen molar-refractivity contribution in [3.05, 3.63) is 23.8 Å². The highest BCUT2D eigenvalue weighted by Crippen LogP contribution is 2.39. The molecule has 0 atom stereocenters. The Bertz CT molecular complexity index is 589. The normalized spacial score (nSPS) is 19.2. The van der Waals surface area contributed by atoms with E-state index in [0.29, 0.717) is 11.3 Å². The van der Waals surface area contributed by atoms with E-state index in [2.05, 4.69) is 10.1 Å². The van der Waals surface area contributed by atoms with E-state index in [1.54, 1.807) is 13.8 Å². The summed E-state index contributed by atoms with van der Waals surface area (Å²) in [7, 11) is -2.11. The van der Waals surface area contributed by atoms with Gasteiger partial charge in [-0.25, -0.2) is 13.2 Å². The number of carbonyl (C=O) groups excluding carboxylic acids is 1. The summed E-state index contributed by atoms with van der Waals surface area (Å²) in [4.78, 5) is 10.5. The number of benzene rings is 1. The van der Waals surface area contributed by atoms with Gasteiger partial charge in [0, 0.05) is 0 Å². The first-order chi connectivity index (χ1) is 7.79. The molecule has 0 aliphatic carbocycles. The molecule has 1 aliphatic rings. The highest BCUT2D eigenvalue weighted by molar-refractivity contribution is 7.93. The molecule has 2 rings (SSSR count). The molecule has 0 spiro atoms. The summed E-state index contributed by atoms with van der Waals surface area (Å²) < 4.78 is 28.7. The molecule has 0 saturated heterocycles. The fourth-order valence-corrected chi connectivity index (χ4v) is 3.21. The zero-order valence-corrected chi connectivity index (χ0v) is 10.6. The smallest absolute Gasteiger partial charge is 0.337 e. The average molecular weight is 255 g/mol. The van der Waals surface area contributed by atoms with Crippen LogP contribution < -0.4 is 5.32 Å². The molecule has 0 saturated carbocycles. The zero-order valence-electron chi connectivity index (χ0n) is 9.77. The van der Waals surface area contributed by atoms with E-state index in [0.717, 1.165) is 0 Å². The molecule has 0 unspecified atom stereocenters. The third-order valence-corrected chi connectivity index (χ3v) is 5.18. The lowest BCUT2D eigenvalue weighted by atomic mass is 10.2. The average Bonchev–Trinajstić information content (AvgIpc) is 2.43. The molecular weight excluding hydrogens is 242 g/mol. The van der Waals surface area contributed by atoms with Crippen LogP contribution in [0.15, 0.2) is 23.1 Å². The molecule has 0 fully saturated rings. The Morgan fingerprint density at radius 2 is 2.00 bits per heavy atom. The molecule has 1 aromatic carbocycles. The number of hydrogen-bond acceptors (Lipinski definition) is 5. The molecule has 17 heavy (non-hydrogen) atoms. The quantitative estimate of drug-likeness (QED) is 0.768. The number of nitrogens with one attached hydrogen (secondary N) is 1. The van der Waals surface area contributed by atoms with Crippen LogP contribution in [0, 0.1) is 0 Å². The van der Waals surface area contributed by atoms with Crippen molar-refractivity contribution in [3.63, 3.8) is 0 Å². The van der Waals surface area contributed by atoms with Crippen molar-refractivity contribution >= 4 is 21.5 Å². The molecule has 92 valence electrons. The van der Waals surface area contributed by atoms with Gasteiger partial charge in [-0.15, -0.1) is 0 Å². The van der Waals surface area contributed by atoms with Gasteiger partial charge < -0.3 is 10.1 Å². The minimum absolute atomic E-state index is 0.218. The first-order valence-corrected chi connectivity index (χ1v) is 6.53. The summed E-state index contributed by atoms with van der Waals surface area (Å²) >= 11 is 0. The Kier molecular flexibility index (Phi) is 2.43. The predicted molar refractivity (Wildman–Crippen MR) is 62.7 cm³/mol. The van der Waals surface area contributed by atoms with Crippen LogP contribution in [0.2, 0.25) is 0 Å². The van der Waals surface area contributed by atoms with Crippen LogP contribution in [-0.2, 0) is 14.6 Å². The third kappa shape index (κ3) is 1.59. The lowest BCUT2D eigenvalue weighted by Gasteiger charge is -2.17. The molecule has 0 radical (unpaired) electrons. The summed E-state index contributed by atoms with van der Waals surface area (Å²) in [6.07, 6.45) is 0. The summed E-state index contributed by atoms with van der Waals surface area (Å²) in [5.74, 6) is -0.489. The number of hydrogen-bond donors (Lipinski definition) is 1. The second-order valence-electron chi connectivity index (χ2n) is 4.34. The van der Waals surface area contributed by atoms with E-state index >= 15 is 0 Å². The van der Waals surface area contributed by atoms with Crippen molar-refractivity contribution in [2.75, 3.05) is 12.4 Å². The molecular formula is C11H13NO4S. The van der Waals surface area contributed by atoms with Crippen molar-refractivity contribution in [1.82, 2.24) is 0 Å². The fourth-order valence-electron chi connectivity index (χ4n) is 1.77. The summed E-state index contributed by atoms with van der Waals surface area (Å²) in [5, 5.41) is 2.89. The Hall–Kier alpha value is -1.56. The third-order valence-electron chi connectivity index (χ3n) is 2.80. The summed E-state index contributed by atoms with van der Waals surface area (Å²) in [6, 6.07) is 4.37. The maximum absolute atomic E-state index is 12.1. The van der Waals surface area contributed by atoms with Gasteiger partial charge in [-0.1, -0.05) is 0 Å². The Labute approximate surface area is 99.7 Å². The van der Waals surface area contributed by atoms with Crippen LogP contribution in [0.5, 0.6) is 0 Å². The second-order valence-corrected chi connectivity index (χ2v) is 6.81. The fraction of sp³-hybridized carbons (Fsp3) is 0.364. The first-order valence-electron chi connectivity index (χ1n) is 5.05. The number of esters is 1. The van der Waals surface area contributed by atoms with E-state index in [4.69, 9.17) is 0 Å². The Morgan fingerprint density at radius 3 is 2.59 bits per heavy atom. The van der Waals surface area contributed by atoms with Crippen LogP contribution in [0.4, 0.5) is 5.69 Å². The van der Waals surface area contributed by atoms with Gasteiger partial charge in [0.1, 0.15) is 4.87 Å². The van der Waals surface area contributed by atoms with Crippen LogP contribution in [0.1, 0.15) is 24.2 Å². The second kappa shape index (κ2) is 3.46. The van der Waals surface area contributed by atoms with E-state index in [9.17, 15) is 13.2 Å². The standard InChI is InChI=1S/C11H13NO4S/c1-11(2)12-8-6-7(10(13)16-3)4-5-9(8)17(11,14)15/h4-6,12H,1-3H3. The largest absolute Gasteiger partial charge is 0.465 e. The SMILES string of the molecule is COC(=O)c1ccc2c(c1)NC(C)(C)S2(=O)=O. The summed E-state index contributed by atoms with van der Waals surface area (Å²) in [6.45, 7) is 3.17. The van der Waals surface area contributed by atoms with E-state index < -0.39 is 20.7 Å². The zero-order chi connectivity index (χ0) is 12.8. The number of carbonyl (C=O) groups is 1. The number of methoxy groups -OCH3 is 1. The summed E-state index contributed by atoms with van der Waals surface area (Å²) in [5.41, 5.74) is 0.768. The number of rotatable bonds is 1. The lowest BCUT2D eigenvalue weighted by molar-refractivity contribution is 0.0600. The predicted octanol–water partition coefficient (Wildman–Crippen LogP) is 1.41. The minimum atomic E-state index is -3.40. The van der Waals surface area contributed by atoms with Gasteiger partial charge in [-0.3, -0.25) is 0 Å². The van der Waals surface area contributed by atoms with Gasteiger partial charge in [0.25, 0.3) is 0 Å². The molecule has 0 bridgehead atoms. The van der Waals surface area contributed by atoms with E-state index in [-0.39, 0.29) is 4.90 Å². The molecule has 1 aliphatic heterocycles. The molecule has 1 aromatic rings. The van der Waals surface area contributed by atoms with Crippen molar-refractivity contribution < 1.29 is 17.9 Å². The van der Waals surface area contributed by atoms with Crippen molar-refractivity contribution in [1.29, 1.82) is 0 Å². The molecule has 0 amide bonds.